The van der Waals surface area contributed by atoms with Crippen molar-refractivity contribution in [3.63, 3.8) is 0 Å². The fraction of sp³-hybridized carbons (Fsp3) is 0.269. The van der Waals surface area contributed by atoms with Gasteiger partial charge < -0.3 is 9.73 Å². The van der Waals surface area contributed by atoms with E-state index in [0.717, 1.165) is 35.3 Å². The number of aryl methyl sites for hydroxylation is 1. The van der Waals surface area contributed by atoms with Gasteiger partial charge in [-0.1, -0.05) is 44.2 Å². The third-order valence-electron chi connectivity index (χ3n) is 6.19. The molecule has 1 aliphatic carbocycles. The molecule has 0 unspecified atom stereocenters. The molecule has 0 fully saturated rings. The van der Waals surface area contributed by atoms with Crippen molar-refractivity contribution in [3.8, 4) is 5.69 Å². The van der Waals surface area contributed by atoms with E-state index < -0.39 is 5.91 Å². The first-order chi connectivity index (χ1) is 15.3. The topological polar surface area (TPSA) is 77.1 Å². The van der Waals surface area contributed by atoms with Gasteiger partial charge >= 0.3 is 0 Å². The highest BCUT2D eigenvalue weighted by atomic mass is 16.3. The quantitative estimate of drug-likeness (QED) is 0.513. The molecule has 1 atom stereocenters. The van der Waals surface area contributed by atoms with Crippen molar-refractivity contribution in [2.24, 2.45) is 5.41 Å². The van der Waals surface area contributed by atoms with Gasteiger partial charge in [-0.05, 0) is 48.9 Å². The van der Waals surface area contributed by atoms with Crippen LogP contribution in [0.4, 0.5) is 0 Å². The molecule has 1 N–H and O–H groups in total. The molecule has 1 aliphatic rings. The number of nitrogens with zero attached hydrogens (tertiary/aromatic N) is 2. The van der Waals surface area contributed by atoms with E-state index in [4.69, 9.17) is 4.42 Å². The maximum atomic E-state index is 13.1. The molecule has 0 bridgehead atoms. The van der Waals surface area contributed by atoms with Crippen LogP contribution in [-0.4, -0.2) is 15.7 Å². The second-order valence-corrected chi connectivity index (χ2v) is 9.29. The van der Waals surface area contributed by atoms with E-state index in [2.05, 4.69) is 43.3 Å². The zero-order chi connectivity index (χ0) is 22.5. The second-order valence-electron chi connectivity index (χ2n) is 9.29. The monoisotopic (exact) mass is 427 g/mol. The molecule has 6 heteroatoms. The summed E-state index contributed by atoms with van der Waals surface area (Å²) in [6, 6.07) is 16.1. The third-order valence-corrected chi connectivity index (χ3v) is 6.19. The second kappa shape index (κ2) is 7.48. The molecule has 0 aliphatic heterocycles. The van der Waals surface area contributed by atoms with E-state index in [1.165, 1.54) is 6.07 Å². The zero-order valence-corrected chi connectivity index (χ0v) is 18.4. The standard InChI is InChI=1S/C26H25N3O3/c1-16-8-4-6-10-20(16)29-21-14-26(2,3)13-19(18(21)15-27-29)28-25(31)24-12-22(30)17-9-5-7-11-23(17)32-24/h4-12,15,19H,13-14H2,1-3H3,(H,28,31)/t19-/m0/s1. The normalized spacial score (nSPS) is 17.2. The molecule has 5 rings (SSSR count). The fourth-order valence-corrected chi connectivity index (χ4v) is 4.63. The number of hydrogen-bond donors (Lipinski definition) is 1. The summed E-state index contributed by atoms with van der Waals surface area (Å²) < 4.78 is 7.73. The lowest BCUT2D eigenvalue weighted by Crippen LogP contribution is -2.37. The van der Waals surface area contributed by atoms with E-state index in [0.29, 0.717) is 11.0 Å². The molecular weight excluding hydrogens is 402 g/mol. The molecule has 4 aromatic rings. The van der Waals surface area contributed by atoms with Gasteiger partial charge in [0.1, 0.15) is 5.58 Å². The van der Waals surface area contributed by atoms with Crippen molar-refractivity contribution < 1.29 is 9.21 Å². The van der Waals surface area contributed by atoms with Crippen molar-refractivity contribution >= 4 is 16.9 Å². The van der Waals surface area contributed by atoms with E-state index in [-0.39, 0.29) is 22.6 Å². The maximum Gasteiger partial charge on any atom is 0.287 e. The number of para-hydroxylation sites is 2. The maximum absolute atomic E-state index is 13.1. The Hall–Kier alpha value is -3.67. The van der Waals surface area contributed by atoms with Crippen molar-refractivity contribution in [2.75, 3.05) is 0 Å². The Labute approximate surface area is 185 Å². The van der Waals surface area contributed by atoms with Crippen molar-refractivity contribution in [3.05, 3.63) is 93.6 Å². The van der Waals surface area contributed by atoms with Gasteiger partial charge in [-0.25, -0.2) is 4.68 Å². The van der Waals surface area contributed by atoms with Crippen LogP contribution in [0.15, 0.2) is 70.0 Å². The zero-order valence-electron chi connectivity index (χ0n) is 18.4. The Balaban J connectivity index is 1.51. The third kappa shape index (κ3) is 3.51. The van der Waals surface area contributed by atoms with Crippen LogP contribution < -0.4 is 10.7 Å². The minimum atomic E-state index is -0.398. The summed E-state index contributed by atoms with van der Waals surface area (Å²) >= 11 is 0. The Bertz CT molecular complexity index is 1400. The molecular formula is C26H25N3O3. The lowest BCUT2D eigenvalue weighted by Gasteiger charge is -2.36. The van der Waals surface area contributed by atoms with Gasteiger partial charge in [0, 0.05) is 11.6 Å². The molecule has 2 aromatic heterocycles. The van der Waals surface area contributed by atoms with E-state index >= 15 is 0 Å². The number of rotatable bonds is 3. The number of carbonyl (C=O) groups is 1. The average Bonchev–Trinajstić information content (AvgIpc) is 3.16. The summed E-state index contributed by atoms with van der Waals surface area (Å²) in [6.45, 7) is 6.46. The molecule has 0 spiro atoms. The molecule has 2 aromatic carbocycles. The minimum Gasteiger partial charge on any atom is -0.451 e. The summed E-state index contributed by atoms with van der Waals surface area (Å²) in [5, 5.41) is 8.23. The van der Waals surface area contributed by atoms with Crippen molar-refractivity contribution in [1.82, 2.24) is 15.1 Å². The highest BCUT2D eigenvalue weighted by molar-refractivity contribution is 5.93. The smallest absolute Gasteiger partial charge is 0.287 e. The number of nitrogens with one attached hydrogen (secondary N) is 1. The highest BCUT2D eigenvalue weighted by Gasteiger charge is 2.36. The largest absolute Gasteiger partial charge is 0.451 e. The predicted molar refractivity (Wildman–Crippen MR) is 123 cm³/mol. The van der Waals surface area contributed by atoms with Gasteiger partial charge in [0.05, 0.1) is 29.0 Å². The summed E-state index contributed by atoms with van der Waals surface area (Å²) in [6.07, 6.45) is 3.47. The Morgan fingerprint density at radius 3 is 2.72 bits per heavy atom. The Kier molecular flexibility index (Phi) is 4.73. The molecule has 6 nitrogen and oxygen atoms in total. The van der Waals surface area contributed by atoms with Crippen LogP contribution in [0.1, 0.15) is 53.7 Å². The first-order valence-electron chi connectivity index (χ1n) is 10.8. The van der Waals surface area contributed by atoms with Crippen LogP contribution in [0.25, 0.3) is 16.7 Å². The van der Waals surface area contributed by atoms with E-state index in [1.807, 2.05) is 23.0 Å². The average molecular weight is 428 g/mol. The predicted octanol–water partition coefficient (Wildman–Crippen LogP) is 4.73. The molecule has 162 valence electrons. The first kappa shape index (κ1) is 20.2. The van der Waals surface area contributed by atoms with Gasteiger partial charge in [-0.2, -0.15) is 5.10 Å². The Morgan fingerprint density at radius 2 is 1.91 bits per heavy atom. The van der Waals surface area contributed by atoms with Gasteiger partial charge in [0.2, 0.25) is 0 Å². The number of carbonyl (C=O) groups excluding carboxylic acids is 1. The van der Waals surface area contributed by atoms with Crippen LogP contribution >= 0.6 is 0 Å². The molecule has 32 heavy (non-hydrogen) atoms. The molecule has 1 amide bonds. The summed E-state index contributed by atoms with van der Waals surface area (Å²) in [5.41, 5.74) is 4.42. The van der Waals surface area contributed by atoms with Gasteiger partial charge in [-0.15, -0.1) is 0 Å². The summed E-state index contributed by atoms with van der Waals surface area (Å²) in [7, 11) is 0. The summed E-state index contributed by atoms with van der Waals surface area (Å²) in [5.74, 6) is -0.380. The lowest BCUT2D eigenvalue weighted by molar-refractivity contribution is 0.0891. The van der Waals surface area contributed by atoms with Crippen LogP contribution in [0.3, 0.4) is 0 Å². The van der Waals surface area contributed by atoms with Gasteiger partial charge in [0.15, 0.2) is 11.2 Å². The number of aromatic nitrogens is 2. The highest BCUT2D eigenvalue weighted by Crippen LogP contribution is 2.41. The summed E-state index contributed by atoms with van der Waals surface area (Å²) in [4.78, 5) is 25.5. The van der Waals surface area contributed by atoms with E-state index in [1.54, 1.807) is 24.3 Å². The molecule has 0 radical (unpaired) electrons. The number of fused-ring (bicyclic) bond motifs is 2. The van der Waals surface area contributed by atoms with E-state index in [9.17, 15) is 9.59 Å². The fourth-order valence-electron chi connectivity index (χ4n) is 4.63. The van der Waals surface area contributed by atoms with Gasteiger partial charge in [0.25, 0.3) is 5.91 Å². The van der Waals surface area contributed by atoms with Crippen LogP contribution in [0.5, 0.6) is 0 Å². The lowest BCUT2D eigenvalue weighted by atomic mass is 9.74. The molecule has 0 saturated heterocycles. The first-order valence-corrected chi connectivity index (χ1v) is 10.8. The minimum absolute atomic E-state index is 0.0184. The molecule has 0 saturated carbocycles. The number of benzene rings is 2. The number of hydrogen-bond acceptors (Lipinski definition) is 4. The SMILES string of the molecule is Cc1ccccc1-n1ncc2c1CC(C)(C)C[C@@H]2NC(=O)c1cc(=O)c2ccccc2o1. The van der Waals surface area contributed by atoms with Crippen LogP contribution in [0.2, 0.25) is 0 Å². The van der Waals surface area contributed by atoms with Crippen molar-refractivity contribution in [2.45, 2.75) is 39.7 Å². The van der Waals surface area contributed by atoms with Gasteiger partial charge in [-0.3, -0.25) is 9.59 Å². The van der Waals surface area contributed by atoms with Crippen molar-refractivity contribution in [1.29, 1.82) is 0 Å². The van der Waals surface area contributed by atoms with Crippen LogP contribution in [-0.2, 0) is 6.42 Å². The van der Waals surface area contributed by atoms with Crippen LogP contribution in [0, 0.1) is 12.3 Å². The Morgan fingerprint density at radius 1 is 1.16 bits per heavy atom. The molecule has 2 heterocycles. The number of amides is 1.